The van der Waals surface area contributed by atoms with Gasteiger partial charge in [-0.25, -0.2) is 9.59 Å². The summed E-state index contributed by atoms with van der Waals surface area (Å²) in [5.41, 5.74) is 2.86. The van der Waals surface area contributed by atoms with Gasteiger partial charge in [0.15, 0.2) is 6.61 Å². The van der Waals surface area contributed by atoms with Crippen molar-refractivity contribution in [2.75, 3.05) is 56.2 Å². The summed E-state index contributed by atoms with van der Waals surface area (Å²) >= 11 is 6.96. The highest BCUT2D eigenvalue weighted by atomic mass is 79.9. The summed E-state index contributed by atoms with van der Waals surface area (Å²) in [6.45, 7) is 8.72. The quantitative estimate of drug-likeness (QED) is 0.257. The predicted octanol–water partition coefficient (Wildman–Crippen LogP) is 5.77. The first-order valence-electron chi connectivity index (χ1n) is 12.6. The molecule has 2 aromatic rings. The van der Waals surface area contributed by atoms with Crippen LogP contribution in [0.5, 0.6) is 5.75 Å². The van der Waals surface area contributed by atoms with E-state index >= 15 is 0 Å². The van der Waals surface area contributed by atoms with Gasteiger partial charge in [0.2, 0.25) is 0 Å². The maximum atomic E-state index is 13.0. The summed E-state index contributed by atoms with van der Waals surface area (Å²) in [5, 5.41) is 2.94. The highest BCUT2D eigenvalue weighted by Gasteiger charge is 2.23. The number of benzene rings is 2. The number of halogens is 2. The van der Waals surface area contributed by atoms with E-state index in [1.54, 1.807) is 30.0 Å². The standard InChI is InChI=1S/C27H33Br2N3O6/c1-4-6-15-37-27(35)32-13-11-31(12-14-32)20-9-7-19(8-10-20)26(34)30-22-16-21(28)25(24(29)18(22)3)38-17-23(33)36-5-2/h7-10,16H,4-6,11-15,17H2,1-3H3,(H,30,34). The SMILES string of the molecule is CCCCOC(=O)N1CCN(c2ccc(C(=O)Nc3cc(Br)c(OCC(=O)OCC)c(Br)c3C)cc2)CC1. The van der Waals surface area contributed by atoms with E-state index in [0.29, 0.717) is 58.7 Å². The number of nitrogens with zero attached hydrogens (tertiary/aromatic N) is 2. The molecule has 0 saturated carbocycles. The molecule has 0 aromatic heterocycles. The third kappa shape index (κ3) is 7.86. The van der Waals surface area contributed by atoms with Crippen LogP contribution in [-0.2, 0) is 14.3 Å². The van der Waals surface area contributed by atoms with Gasteiger partial charge < -0.3 is 29.3 Å². The Morgan fingerprint density at radius 3 is 2.32 bits per heavy atom. The Hall–Kier alpha value is -2.79. The summed E-state index contributed by atoms with van der Waals surface area (Å²) < 4.78 is 17.0. The van der Waals surface area contributed by atoms with Gasteiger partial charge >= 0.3 is 12.1 Å². The molecule has 0 radical (unpaired) electrons. The zero-order valence-corrected chi connectivity index (χ0v) is 25.0. The monoisotopic (exact) mass is 653 g/mol. The third-order valence-electron chi connectivity index (χ3n) is 6.06. The molecule has 3 rings (SSSR count). The van der Waals surface area contributed by atoms with Gasteiger partial charge in [-0.2, -0.15) is 0 Å². The number of unbranched alkanes of at least 4 members (excludes halogenated alkanes) is 1. The minimum absolute atomic E-state index is 0.222. The number of amides is 2. The Kier molecular flexibility index (Phi) is 11.3. The fraction of sp³-hybridized carbons (Fsp3) is 0.444. The second-order valence-corrected chi connectivity index (χ2v) is 10.4. The van der Waals surface area contributed by atoms with Crippen LogP contribution >= 0.6 is 31.9 Å². The Morgan fingerprint density at radius 2 is 1.68 bits per heavy atom. The fourth-order valence-corrected chi connectivity index (χ4v) is 5.20. The summed E-state index contributed by atoms with van der Waals surface area (Å²) in [7, 11) is 0. The van der Waals surface area contributed by atoms with E-state index in [2.05, 4.69) is 49.0 Å². The molecule has 2 amide bonds. The Labute approximate surface area is 240 Å². The number of hydrogen-bond donors (Lipinski definition) is 1. The van der Waals surface area contributed by atoms with Crippen LogP contribution in [0.25, 0.3) is 0 Å². The minimum atomic E-state index is -0.462. The lowest BCUT2D eigenvalue weighted by molar-refractivity contribution is -0.145. The zero-order valence-electron chi connectivity index (χ0n) is 21.9. The van der Waals surface area contributed by atoms with Crippen LogP contribution < -0.4 is 15.0 Å². The van der Waals surface area contributed by atoms with E-state index < -0.39 is 5.97 Å². The maximum absolute atomic E-state index is 13.0. The number of hydrogen-bond acceptors (Lipinski definition) is 7. The van der Waals surface area contributed by atoms with Crippen molar-refractivity contribution in [1.29, 1.82) is 0 Å². The van der Waals surface area contributed by atoms with E-state index in [0.717, 1.165) is 24.1 Å². The lowest BCUT2D eigenvalue weighted by atomic mass is 10.1. The molecule has 0 atom stereocenters. The Morgan fingerprint density at radius 1 is 1.00 bits per heavy atom. The molecular formula is C27H33Br2N3O6. The number of carbonyl (C=O) groups excluding carboxylic acids is 3. The normalized spacial score (nSPS) is 13.2. The molecule has 11 heteroatoms. The second-order valence-electron chi connectivity index (χ2n) is 8.71. The topological polar surface area (TPSA) is 97.4 Å². The number of piperazine rings is 1. The first-order chi connectivity index (χ1) is 18.2. The van der Waals surface area contributed by atoms with Crippen molar-refractivity contribution in [3.63, 3.8) is 0 Å². The molecule has 9 nitrogen and oxygen atoms in total. The molecule has 0 bridgehead atoms. The van der Waals surface area contributed by atoms with Crippen LogP contribution in [-0.4, -0.2) is 68.9 Å². The fourth-order valence-electron chi connectivity index (χ4n) is 3.85. The summed E-state index contributed by atoms with van der Waals surface area (Å²) in [6.07, 6.45) is 1.61. The highest BCUT2D eigenvalue weighted by Crippen LogP contribution is 2.40. The number of rotatable bonds is 10. The van der Waals surface area contributed by atoms with Gasteiger partial charge in [0.05, 0.1) is 22.2 Å². The van der Waals surface area contributed by atoms with Gasteiger partial charge in [0, 0.05) is 43.1 Å². The predicted molar refractivity (Wildman–Crippen MR) is 153 cm³/mol. The number of anilines is 2. The van der Waals surface area contributed by atoms with Gasteiger partial charge in [-0.1, -0.05) is 13.3 Å². The molecule has 2 aromatic carbocycles. The molecule has 0 aliphatic carbocycles. The largest absolute Gasteiger partial charge is 0.480 e. The van der Waals surface area contributed by atoms with Crippen molar-refractivity contribution in [2.45, 2.75) is 33.6 Å². The van der Waals surface area contributed by atoms with E-state index in [1.165, 1.54) is 0 Å². The van der Waals surface area contributed by atoms with E-state index in [1.807, 2.05) is 19.1 Å². The van der Waals surface area contributed by atoms with Gasteiger partial charge in [-0.3, -0.25) is 4.79 Å². The van der Waals surface area contributed by atoms with Crippen LogP contribution in [0.15, 0.2) is 39.3 Å². The van der Waals surface area contributed by atoms with E-state index in [4.69, 9.17) is 14.2 Å². The Bertz CT molecular complexity index is 1130. The molecule has 38 heavy (non-hydrogen) atoms. The highest BCUT2D eigenvalue weighted by molar-refractivity contribution is 9.11. The summed E-state index contributed by atoms with van der Waals surface area (Å²) in [6, 6.07) is 9.13. The molecule has 1 fully saturated rings. The van der Waals surface area contributed by atoms with E-state index in [-0.39, 0.29) is 25.2 Å². The molecule has 1 saturated heterocycles. The molecule has 1 N–H and O–H groups in total. The van der Waals surface area contributed by atoms with Crippen molar-refractivity contribution >= 4 is 61.2 Å². The number of carbonyl (C=O) groups is 3. The smallest absolute Gasteiger partial charge is 0.409 e. The first kappa shape index (κ1) is 29.8. The van der Waals surface area contributed by atoms with Crippen LogP contribution in [0.1, 0.15) is 42.6 Å². The lowest BCUT2D eigenvalue weighted by Crippen LogP contribution is -2.49. The van der Waals surface area contributed by atoms with Crippen molar-refractivity contribution in [3.05, 3.63) is 50.4 Å². The number of nitrogens with one attached hydrogen (secondary N) is 1. The Balaban J connectivity index is 1.58. The van der Waals surface area contributed by atoms with Crippen LogP contribution in [0, 0.1) is 6.92 Å². The molecule has 1 aliphatic heterocycles. The van der Waals surface area contributed by atoms with Gasteiger partial charge in [0.25, 0.3) is 5.91 Å². The number of ether oxygens (including phenoxy) is 3. The van der Waals surface area contributed by atoms with Crippen molar-refractivity contribution in [1.82, 2.24) is 4.90 Å². The average molecular weight is 655 g/mol. The van der Waals surface area contributed by atoms with Crippen LogP contribution in [0.2, 0.25) is 0 Å². The van der Waals surface area contributed by atoms with Crippen molar-refractivity contribution in [2.24, 2.45) is 0 Å². The van der Waals surface area contributed by atoms with Gasteiger partial charge in [-0.15, -0.1) is 0 Å². The lowest BCUT2D eigenvalue weighted by Gasteiger charge is -2.35. The first-order valence-corrected chi connectivity index (χ1v) is 14.2. The summed E-state index contributed by atoms with van der Waals surface area (Å²) in [5.74, 6) is -0.262. The maximum Gasteiger partial charge on any atom is 0.409 e. The van der Waals surface area contributed by atoms with Crippen LogP contribution in [0.4, 0.5) is 16.2 Å². The molecule has 1 heterocycles. The zero-order chi connectivity index (χ0) is 27.7. The average Bonchev–Trinajstić information content (AvgIpc) is 2.92. The minimum Gasteiger partial charge on any atom is -0.480 e. The summed E-state index contributed by atoms with van der Waals surface area (Å²) in [4.78, 5) is 40.7. The molecule has 0 unspecified atom stereocenters. The molecule has 1 aliphatic rings. The van der Waals surface area contributed by atoms with Crippen molar-refractivity contribution < 1.29 is 28.6 Å². The second kappa shape index (κ2) is 14.4. The molecule has 0 spiro atoms. The molecule has 206 valence electrons. The molecular weight excluding hydrogens is 622 g/mol. The van der Waals surface area contributed by atoms with Gasteiger partial charge in [-0.05, 0) is 88.0 Å². The van der Waals surface area contributed by atoms with Crippen molar-refractivity contribution in [3.8, 4) is 5.75 Å². The van der Waals surface area contributed by atoms with Gasteiger partial charge in [0.1, 0.15) is 5.75 Å². The van der Waals surface area contributed by atoms with Crippen LogP contribution in [0.3, 0.4) is 0 Å². The van der Waals surface area contributed by atoms with E-state index in [9.17, 15) is 14.4 Å². The number of esters is 1. The third-order valence-corrected chi connectivity index (χ3v) is 7.61.